The van der Waals surface area contributed by atoms with E-state index in [1.54, 1.807) is 16.6 Å². The first-order chi connectivity index (χ1) is 13.5. The lowest BCUT2D eigenvalue weighted by molar-refractivity contribution is -0.115. The quantitative estimate of drug-likeness (QED) is 0.800. The van der Waals surface area contributed by atoms with Crippen LogP contribution in [0.2, 0.25) is 0 Å². The molecule has 1 spiro atoms. The first-order valence-electron chi connectivity index (χ1n) is 10.0. The number of furan rings is 1. The minimum absolute atomic E-state index is 0.0603. The minimum atomic E-state index is -3.14. The van der Waals surface area contributed by atoms with Gasteiger partial charge in [-0.15, -0.1) is 0 Å². The molecule has 1 aromatic heterocycles. The summed E-state index contributed by atoms with van der Waals surface area (Å²) in [6.07, 6.45) is 6.40. The molecule has 2 aliphatic heterocycles. The fourth-order valence-electron chi connectivity index (χ4n) is 5.08. The highest BCUT2D eigenvalue weighted by atomic mass is 32.2. The van der Waals surface area contributed by atoms with E-state index in [1.807, 2.05) is 6.07 Å². The van der Waals surface area contributed by atoms with Crippen LogP contribution in [-0.4, -0.2) is 48.8 Å². The van der Waals surface area contributed by atoms with Crippen LogP contribution in [0.15, 0.2) is 28.0 Å². The first-order valence-corrected chi connectivity index (χ1v) is 11.5. The molecule has 0 bridgehead atoms. The number of hydrogen-bond acceptors (Lipinski definition) is 6. The third-order valence-corrected chi connectivity index (χ3v) is 9.20. The Kier molecular flexibility index (Phi) is 4.28. The Labute approximate surface area is 164 Å². The van der Waals surface area contributed by atoms with Crippen LogP contribution in [0.1, 0.15) is 44.3 Å². The molecule has 2 saturated carbocycles. The van der Waals surface area contributed by atoms with Gasteiger partial charge < -0.3 is 14.6 Å². The van der Waals surface area contributed by atoms with Crippen LogP contribution in [-0.2, 0) is 26.2 Å². The molecular weight excluding hydrogens is 382 g/mol. The van der Waals surface area contributed by atoms with Crippen LogP contribution >= 0.6 is 0 Å². The summed E-state index contributed by atoms with van der Waals surface area (Å²) in [4.78, 5) is 18.3. The summed E-state index contributed by atoms with van der Waals surface area (Å²) in [5.41, 5.74) is 0.352. The highest BCUT2D eigenvalue weighted by Crippen LogP contribution is 2.54. The topological polar surface area (TPSA) is 101 Å². The molecule has 3 fully saturated rings. The molecule has 5 rings (SSSR count). The van der Waals surface area contributed by atoms with Crippen molar-refractivity contribution in [3.63, 3.8) is 0 Å². The van der Waals surface area contributed by atoms with Gasteiger partial charge in [0, 0.05) is 13.1 Å². The zero-order valence-corrected chi connectivity index (χ0v) is 16.5. The molecule has 2 atom stereocenters. The highest BCUT2D eigenvalue weighted by Gasteiger charge is 2.58. The molecule has 0 unspecified atom stereocenters. The van der Waals surface area contributed by atoms with Crippen LogP contribution in [0.4, 0.5) is 0 Å². The summed E-state index contributed by atoms with van der Waals surface area (Å²) in [5, 5.41) is 6.82. The Morgan fingerprint density at radius 3 is 2.71 bits per heavy atom. The maximum absolute atomic E-state index is 12.8. The number of carbonyl (C=O) groups is 1. The molecule has 1 amide bonds. The van der Waals surface area contributed by atoms with Gasteiger partial charge >= 0.3 is 0 Å². The van der Waals surface area contributed by atoms with E-state index in [1.165, 1.54) is 0 Å². The van der Waals surface area contributed by atoms with Crippen molar-refractivity contribution in [1.29, 1.82) is 0 Å². The lowest BCUT2D eigenvalue weighted by Gasteiger charge is -2.41. The molecule has 2 aliphatic carbocycles. The van der Waals surface area contributed by atoms with Crippen LogP contribution in [0.3, 0.4) is 0 Å². The zero-order chi connectivity index (χ0) is 19.4. The second-order valence-electron chi connectivity index (χ2n) is 8.40. The van der Waals surface area contributed by atoms with Gasteiger partial charge in [-0.25, -0.2) is 12.7 Å². The number of nitrogens with one attached hydrogen (secondary N) is 1. The van der Waals surface area contributed by atoms with Crippen molar-refractivity contribution in [2.45, 2.75) is 56.4 Å². The van der Waals surface area contributed by atoms with Gasteiger partial charge in [0.05, 0.1) is 24.0 Å². The Bertz CT molecular complexity index is 883. The number of hydrogen-bond donors (Lipinski definition) is 1. The number of oxime groups is 1. The molecule has 1 aromatic rings. The van der Waals surface area contributed by atoms with Gasteiger partial charge in [0.25, 0.3) is 5.91 Å². The summed E-state index contributed by atoms with van der Waals surface area (Å²) in [6, 6.07) is 3.59. The van der Waals surface area contributed by atoms with Crippen LogP contribution in [0.25, 0.3) is 0 Å². The third-order valence-electron chi connectivity index (χ3n) is 6.80. The predicted octanol–water partition coefficient (Wildman–Crippen LogP) is 1.63. The summed E-state index contributed by atoms with van der Waals surface area (Å²) >= 11 is 0. The van der Waals surface area contributed by atoms with Gasteiger partial charge in [-0.1, -0.05) is 5.16 Å². The van der Waals surface area contributed by atoms with Crippen molar-refractivity contribution < 1.29 is 22.5 Å². The average molecular weight is 407 g/mol. The fourth-order valence-corrected chi connectivity index (χ4v) is 6.93. The molecule has 0 aromatic carbocycles. The normalized spacial score (nSPS) is 29.4. The van der Waals surface area contributed by atoms with Gasteiger partial charge in [-0.05, 0) is 56.1 Å². The molecule has 0 radical (unpaired) electrons. The Hall–Kier alpha value is -1.87. The average Bonchev–Trinajstić information content (AvgIpc) is 3.13. The monoisotopic (exact) mass is 407 g/mol. The summed E-state index contributed by atoms with van der Waals surface area (Å²) in [7, 11) is -3.14. The standard InChI is InChI=1S/C19H25N3O5S/c23-18(20-12-13-2-1-11-26-13)17-16-15(27-21-17)5-6-19(16)7-9-22(10-8-19)28(24,25)14-3-4-14/h1-2,11,14-16H,3-10,12H2,(H,20,23)/t15-,16+/m1/s1. The van der Waals surface area contributed by atoms with Crippen molar-refractivity contribution in [2.24, 2.45) is 16.5 Å². The van der Waals surface area contributed by atoms with Crippen molar-refractivity contribution in [2.75, 3.05) is 13.1 Å². The van der Waals surface area contributed by atoms with Gasteiger partial charge in [0.2, 0.25) is 10.0 Å². The largest absolute Gasteiger partial charge is 0.467 e. The Morgan fingerprint density at radius 2 is 2.04 bits per heavy atom. The van der Waals surface area contributed by atoms with Gasteiger partial charge in [0.15, 0.2) is 5.71 Å². The predicted molar refractivity (Wildman–Crippen MR) is 101 cm³/mol. The number of sulfonamides is 1. The van der Waals surface area contributed by atoms with E-state index in [-0.39, 0.29) is 28.6 Å². The summed E-state index contributed by atoms with van der Waals surface area (Å²) in [6.45, 7) is 1.37. The Morgan fingerprint density at radius 1 is 1.25 bits per heavy atom. The molecular formula is C19H25N3O5S. The van der Waals surface area contributed by atoms with E-state index in [4.69, 9.17) is 9.25 Å². The van der Waals surface area contributed by atoms with Crippen molar-refractivity contribution >= 4 is 21.6 Å². The lowest BCUT2D eigenvalue weighted by Crippen LogP contribution is -2.49. The molecule has 3 heterocycles. The summed E-state index contributed by atoms with van der Waals surface area (Å²) < 4.78 is 32.0. The number of amides is 1. The maximum atomic E-state index is 12.8. The van der Waals surface area contributed by atoms with E-state index < -0.39 is 10.0 Å². The van der Waals surface area contributed by atoms with Gasteiger partial charge in [0.1, 0.15) is 11.9 Å². The van der Waals surface area contributed by atoms with E-state index in [0.29, 0.717) is 31.1 Å². The zero-order valence-electron chi connectivity index (χ0n) is 15.7. The second-order valence-corrected chi connectivity index (χ2v) is 10.6. The van der Waals surface area contributed by atoms with E-state index in [2.05, 4.69) is 10.5 Å². The highest BCUT2D eigenvalue weighted by molar-refractivity contribution is 7.90. The summed E-state index contributed by atoms with van der Waals surface area (Å²) in [5.74, 6) is 0.400. The van der Waals surface area contributed by atoms with Gasteiger partial charge in [-0.2, -0.15) is 0 Å². The molecule has 1 saturated heterocycles. The minimum Gasteiger partial charge on any atom is -0.467 e. The SMILES string of the molecule is O=C(NCc1ccco1)C1=NO[C@@H]2CCC3(CCN(S(=O)(=O)C4CC4)CC3)[C@H]12. The number of nitrogens with zero attached hydrogens (tertiary/aromatic N) is 2. The van der Waals surface area contributed by atoms with Crippen molar-refractivity contribution in [3.05, 3.63) is 24.2 Å². The van der Waals surface area contributed by atoms with Crippen LogP contribution in [0, 0.1) is 11.3 Å². The Balaban J connectivity index is 1.27. The second kappa shape index (κ2) is 6.59. The molecule has 152 valence electrons. The number of piperidine rings is 1. The molecule has 8 nitrogen and oxygen atoms in total. The fraction of sp³-hybridized carbons (Fsp3) is 0.684. The molecule has 1 N–H and O–H groups in total. The van der Waals surface area contributed by atoms with E-state index in [0.717, 1.165) is 38.5 Å². The van der Waals surface area contributed by atoms with Crippen LogP contribution < -0.4 is 5.32 Å². The van der Waals surface area contributed by atoms with Crippen LogP contribution in [0.5, 0.6) is 0 Å². The number of rotatable bonds is 5. The molecule has 28 heavy (non-hydrogen) atoms. The maximum Gasteiger partial charge on any atom is 0.269 e. The smallest absolute Gasteiger partial charge is 0.269 e. The first kappa shape index (κ1) is 18.2. The van der Waals surface area contributed by atoms with Crippen molar-refractivity contribution in [1.82, 2.24) is 9.62 Å². The molecule has 9 heteroatoms. The van der Waals surface area contributed by atoms with E-state index in [9.17, 15) is 13.2 Å². The number of fused-ring (bicyclic) bond motifs is 2. The third kappa shape index (κ3) is 2.95. The van der Waals surface area contributed by atoms with Gasteiger partial charge in [-0.3, -0.25) is 4.79 Å². The van der Waals surface area contributed by atoms with Crippen molar-refractivity contribution in [3.8, 4) is 0 Å². The van der Waals surface area contributed by atoms with E-state index >= 15 is 0 Å². The number of carbonyl (C=O) groups excluding carboxylic acids is 1. The lowest BCUT2D eigenvalue weighted by atomic mass is 9.69. The molecule has 4 aliphatic rings.